The molecule has 7 nitrogen and oxygen atoms in total. The summed E-state index contributed by atoms with van der Waals surface area (Å²) in [6.07, 6.45) is 0.566. The minimum atomic E-state index is -0.883. The molecule has 1 aromatic carbocycles. The van der Waals surface area contributed by atoms with Gasteiger partial charge in [-0.1, -0.05) is 6.92 Å². The maximum Gasteiger partial charge on any atom is 0.308 e. The number of nitrogens with zero attached hydrogens (tertiary/aromatic N) is 2. The number of Topliss-reactive ketones (excluding diaryl/α,β-unsaturated/α-hetero) is 1. The Morgan fingerprint density at radius 3 is 2.59 bits per heavy atom. The zero-order valence-corrected chi connectivity index (χ0v) is 12.5. The molecule has 1 aliphatic rings. The number of hydrogen-bond acceptors (Lipinski definition) is 5. The maximum atomic E-state index is 11.8. The van der Waals surface area contributed by atoms with Crippen LogP contribution in [0.1, 0.15) is 30.6 Å². The van der Waals surface area contributed by atoms with Crippen LogP contribution in [0.15, 0.2) is 18.2 Å². The topological polar surface area (TPSA) is 101 Å². The van der Waals surface area contributed by atoms with Gasteiger partial charge in [-0.05, 0) is 25.3 Å². The van der Waals surface area contributed by atoms with Crippen LogP contribution in [0.25, 0.3) is 0 Å². The zero-order valence-electron chi connectivity index (χ0n) is 12.5. The average Bonchev–Trinajstić information content (AvgIpc) is 2.45. The fourth-order valence-electron chi connectivity index (χ4n) is 2.92. The Hall–Kier alpha value is -2.44. The third kappa shape index (κ3) is 3.24. The molecule has 1 aromatic rings. The molecule has 1 aliphatic heterocycles. The summed E-state index contributed by atoms with van der Waals surface area (Å²) in [5.74, 6) is -1.49. The Bertz CT molecular complexity index is 628. The Labute approximate surface area is 127 Å². The number of carboxylic acids is 1. The van der Waals surface area contributed by atoms with Gasteiger partial charge in [0.15, 0.2) is 5.78 Å². The predicted octanol–water partition coefficient (Wildman–Crippen LogP) is 2.34. The second-order valence-electron chi connectivity index (χ2n) is 5.80. The molecule has 0 spiro atoms. The highest BCUT2D eigenvalue weighted by molar-refractivity contribution is 6.00. The molecule has 1 fully saturated rings. The Balaban J connectivity index is 2.44. The number of carbonyl (C=O) groups is 2. The number of rotatable bonds is 4. The van der Waals surface area contributed by atoms with E-state index >= 15 is 0 Å². The third-order valence-corrected chi connectivity index (χ3v) is 3.92. The van der Waals surface area contributed by atoms with Crippen molar-refractivity contribution in [1.82, 2.24) is 0 Å². The number of non-ortho nitro benzene ring substituents is 1. The first-order valence-electron chi connectivity index (χ1n) is 7.06. The van der Waals surface area contributed by atoms with Gasteiger partial charge in [-0.25, -0.2) is 0 Å². The average molecular weight is 306 g/mol. The summed E-state index contributed by atoms with van der Waals surface area (Å²) < 4.78 is 0. The van der Waals surface area contributed by atoms with Crippen LogP contribution in [0, 0.1) is 22.0 Å². The normalized spacial score (nSPS) is 21.5. The highest BCUT2D eigenvalue weighted by atomic mass is 16.6. The maximum absolute atomic E-state index is 11.8. The summed E-state index contributed by atoms with van der Waals surface area (Å²) in [4.78, 5) is 35.3. The first kappa shape index (κ1) is 15.9. The van der Waals surface area contributed by atoms with E-state index in [1.807, 2.05) is 6.92 Å². The Morgan fingerprint density at radius 1 is 1.36 bits per heavy atom. The van der Waals surface area contributed by atoms with Crippen molar-refractivity contribution in [2.75, 3.05) is 18.0 Å². The van der Waals surface area contributed by atoms with Crippen molar-refractivity contribution in [3.05, 3.63) is 33.9 Å². The van der Waals surface area contributed by atoms with E-state index in [0.29, 0.717) is 24.2 Å². The zero-order chi connectivity index (χ0) is 16.4. The summed E-state index contributed by atoms with van der Waals surface area (Å²) in [5.41, 5.74) is 0.716. The fraction of sp³-hybridized carbons (Fsp3) is 0.467. The van der Waals surface area contributed by atoms with Crippen molar-refractivity contribution >= 4 is 23.1 Å². The summed E-state index contributed by atoms with van der Waals surface area (Å²) in [6.45, 7) is 4.16. The summed E-state index contributed by atoms with van der Waals surface area (Å²) in [6, 6.07) is 4.08. The number of carbonyl (C=O) groups excluding carboxylic acids is 1. The molecular formula is C15H18N2O5. The van der Waals surface area contributed by atoms with E-state index in [2.05, 4.69) is 0 Å². The van der Waals surface area contributed by atoms with Crippen molar-refractivity contribution in [2.45, 2.75) is 20.3 Å². The summed E-state index contributed by atoms with van der Waals surface area (Å²) in [7, 11) is 0. The number of piperidine rings is 1. The van der Waals surface area contributed by atoms with Gasteiger partial charge < -0.3 is 10.0 Å². The lowest BCUT2D eigenvalue weighted by molar-refractivity contribution is -0.384. The smallest absolute Gasteiger partial charge is 0.308 e. The van der Waals surface area contributed by atoms with E-state index in [-0.39, 0.29) is 23.9 Å². The molecular weight excluding hydrogens is 288 g/mol. The lowest BCUT2D eigenvalue weighted by atomic mass is 9.89. The molecule has 1 N–H and O–H groups in total. The predicted molar refractivity (Wildman–Crippen MR) is 80.2 cm³/mol. The molecule has 118 valence electrons. The molecule has 22 heavy (non-hydrogen) atoms. The first-order valence-corrected chi connectivity index (χ1v) is 7.06. The number of aliphatic carboxylic acids is 1. The first-order chi connectivity index (χ1) is 10.3. The van der Waals surface area contributed by atoms with Gasteiger partial charge in [-0.3, -0.25) is 19.7 Å². The molecule has 0 amide bonds. The van der Waals surface area contributed by atoms with Crippen LogP contribution in [-0.2, 0) is 4.79 Å². The van der Waals surface area contributed by atoms with Crippen molar-refractivity contribution in [3.63, 3.8) is 0 Å². The number of carboxylic acid groups (broad SMARTS) is 1. The van der Waals surface area contributed by atoms with Gasteiger partial charge in [0.05, 0.1) is 16.5 Å². The van der Waals surface area contributed by atoms with Gasteiger partial charge in [0.2, 0.25) is 0 Å². The van der Waals surface area contributed by atoms with Gasteiger partial charge in [-0.2, -0.15) is 0 Å². The van der Waals surface area contributed by atoms with E-state index < -0.39 is 16.8 Å². The molecule has 7 heteroatoms. The number of anilines is 1. The molecule has 2 rings (SSSR count). The van der Waals surface area contributed by atoms with E-state index in [4.69, 9.17) is 0 Å². The number of benzene rings is 1. The summed E-state index contributed by atoms with van der Waals surface area (Å²) in [5, 5.41) is 20.2. The van der Waals surface area contributed by atoms with E-state index in [9.17, 15) is 24.8 Å². The minimum absolute atomic E-state index is 0.106. The van der Waals surface area contributed by atoms with E-state index in [0.717, 1.165) is 0 Å². The van der Waals surface area contributed by atoms with Crippen molar-refractivity contribution < 1.29 is 19.6 Å². The fourth-order valence-corrected chi connectivity index (χ4v) is 2.92. The number of nitro benzene ring substituents is 1. The Kier molecular flexibility index (Phi) is 4.44. The molecule has 2 atom stereocenters. The summed E-state index contributed by atoms with van der Waals surface area (Å²) >= 11 is 0. The van der Waals surface area contributed by atoms with Gasteiger partial charge in [0, 0.05) is 30.8 Å². The molecule has 2 unspecified atom stereocenters. The van der Waals surface area contributed by atoms with Crippen LogP contribution >= 0.6 is 0 Å². The second-order valence-corrected chi connectivity index (χ2v) is 5.80. The third-order valence-electron chi connectivity index (χ3n) is 3.92. The molecule has 1 heterocycles. The monoisotopic (exact) mass is 306 g/mol. The molecule has 0 saturated carbocycles. The van der Waals surface area contributed by atoms with Gasteiger partial charge in [-0.15, -0.1) is 0 Å². The minimum Gasteiger partial charge on any atom is -0.481 e. The van der Waals surface area contributed by atoms with Crippen molar-refractivity contribution in [1.29, 1.82) is 0 Å². The van der Waals surface area contributed by atoms with E-state index in [1.165, 1.54) is 25.1 Å². The van der Waals surface area contributed by atoms with Crippen LogP contribution in [0.4, 0.5) is 11.4 Å². The van der Waals surface area contributed by atoms with Gasteiger partial charge >= 0.3 is 5.97 Å². The van der Waals surface area contributed by atoms with Gasteiger partial charge in [0.1, 0.15) is 0 Å². The second kappa shape index (κ2) is 6.13. The molecule has 0 aromatic heterocycles. The van der Waals surface area contributed by atoms with E-state index in [1.54, 1.807) is 4.90 Å². The lowest BCUT2D eigenvalue weighted by Gasteiger charge is -2.37. The SMILES string of the molecule is CC(=O)c1ccc([N+](=O)[O-])cc1N1CC(C)CC(C(=O)O)C1. The number of hydrogen-bond donors (Lipinski definition) is 1. The van der Waals surface area contributed by atoms with Crippen LogP contribution in [0.2, 0.25) is 0 Å². The molecule has 0 aliphatic carbocycles. The Morgan fingerprint density at radius 2 is 2.05 bits per heavy atom. The lowest BCUT2D eigenvalue weighted by Crippen LogP contribution is -2.43. The van der Waals surface area contributed by atoms with Crippen molar-refractivity contribution in [3.8, 4) is 0 Å². The van der Waals surface area contributed by atoms with Crippen LogP contribution in [0.3, 0.4) is 0 Å². The molecule has 0 bridgehead atoms. The van der Waals surface area contributed by atoms with Crippen LogP contribution in [0.5, 0.6) is 0 Å². The van der Waals surface area contributed by atoms with Crippen molar-refractivity contribution in [2.24, 2.45) is 11.8 Å². The number of nitro groups is 1. The molecule has 1 saturated heterocycles. The van der Waals surface area contributed by atoms with Crippen LogP contribution < -0.4 is 4.90 Å². The largest absolute Gasteiger partial charge is 0.481 e. The number of ketones is 1. The van der Waals surface area contributed by atoms with Gasteiger partial charge in [0.25, 0.3) is 5.69 Å². The highest BCUT2D eigenvalue weighted by Crippen LogP contribution is 2.32. The standard InChI is InChI=1S/C15H18N2O5/c1-9-5-11(15(19)20)8-16(7-9)14-6-12(17(21)22)3-4-13(14)10(2)18/h3-4,6,9,11H,5,7-8H2,1-2H3,(H,19,20). The highest BCUT2D eigenvalue weighted by Gasteiger charge is 2.31. The quantitative estimate of drug-likeness (QED) is 0.520. The van der Waals surface area contributed by atoms with Crippen LogP contribution in [-0.4, -0.2) is 34.9 Å². The molecule has 0 radical (unpaired) electrons.